The minimum Gasteiger partial charge on any atom is -0.378 e. The summed E-state index contributed by atoms with van der Waals surface area (Å²) in [6.45, 7) is 6.07. The summed E-state index contributed by atoms with van der Waals surface area (Å²) in [5.74, 6) is -0.0183. The van der Waals surface area contributed by atoms with Gasteiger partial charge >= 0.3 is 6.18 Å². The summed E-state index contributed by atoms with van der Waals surface area (Å²) < 4.78 is 43.4. The molecular weight excluding hydrogens is 265 g/mol. The molecule has 0 atom stereocenters. The van der Waals surface area contributed by atoms with Gasteiger partial charge in [-0.05, 0) is 5.92 Å². The van der Waals surface area contributed by atoms with Crippen LogP contribution < -0.4 is 4.90 Å². The van der Waals surface area contributed by atoms with E-state index in [1.807, 2.05) is 18.7 Å². The molecule has 3 nitrogen and oxygen atoms in total. The van der Waals surface area contributed by atoms with Crippen LogP contribution in [-0.4, -0.2) is 31.3 Å². The number of morpholine rings is 1. The molecule has 1 aliphatic rings. The van der Waals surface area contributed by atoms with Crippen molar-refractivity contribution in [1.29, 1.82) is 0 Å². The van der Waals surface area contributed by atoms with Gasteiger partial charge in [0, 0.05) is 13.1 Å². The highest BCUT2D eigenvalue weighted by Crippen LogP contribution is 2.40. The Morgan fingerprint density at radius 2 is 1.89 bits per heavy atom. The van der Waals surface area contributed by atoms with Crippen LogP contribution in [0.2, 0.25) is 0 Å². The summed E-state index contributed by atoms with van der Waals surface area (Å²) in [5.41, 5.74) is 0.536. The van der Waals surface area contributed by atoms with Crippen LogP contribution in [0.1, 0.15) is 30.5 Å². The average Bonchev–Trinajstić information content (AvgIpc) is 2.74. The van der Waals surface area contributed by atoms with E-state index in [4.69, 9.17) is 4.74 Å². The van der Waals surface area contributed by atoms with Gasteiger partial charge in [0.1, 0.15) is 5.00 Å². The third-order valence-corrected chi connectivity index (χ3v) is 3.90. The van der Waals surface area contributed by atoms with E-state index in [2.05, 4.69) is 4.98 Å². The molecule has 0 unspecified atom stereocenters. The van der Waals surface area contributed by atoms with Crippen LogP contribution in [-0.2, 0) is 10.9 Å². The molecule has 0 radical (unpaired) electrons. The van der Waals surface area contributed by atoms with Crippen molar-refractivity contribution >= 4 is 16.3 Å². The first-order valence-electron chi connectivity index (χ1n) is 5.80. The number of thiazole rings is 1. The van der Waals surface area contributed by atoms with Gasteiger partial charge in [0.2, 0.25) is 0 Å². The maximum absolute atomic E-state index is 12.7. The van der Waals surface area contributed by atoms with Crippen LogP contribution in [0.4, 0.5) is 18.2 Å². The second kappa shape index (κ2) is 5.05. The van der Waals surface area contributed by atoms with Gasteiger partial charge in [-0.3, -0.25) is 0 Å². The number of aromatic nitrogens is 1. The lowest BCUT2D eigenvalue weighted by Crippen LogP contribution is -2.36. The van der Waals surface area contributed by atoms with E-state index in [-0.39, 0.29) is 5.92 Å². The normalized spacial score (nSPS) is 17.6. The Morgan fingerprint density at radius 1 is 1.28 bits per heavy atom. The van der Waals surface area contributed by atoms with Crippen LogP contribution in [0.25, 0.3) is 0 Å². The van der Waals surface area contributed by atoms with Gasteiger partial charge in [-0.25, -0.2) is 4.98 Å². The Balaban J connectivity index is 2.34. The number of nitrogens with zero attached hydrogens (tertiary/aromatic N) is 2. The number of hydrogen-bond donors (Lipinski definition) is 0. The topological polar surface area (TPSA) is 25.4 Å². The van der Waals surface area contributed by atoms with Gasteiger partial charge in [-0.1, -0.05) is 25.2 Å². The van der Waals surface area contributed by atoms with Crippen molar-refractivity contribution in [3.05, 3.63) is 10.7 Å². The molecule has 1 aromatic rings. The van der Waals surface area contributed by atoms with E-state index in [1.54, 1.807) is 0 Å². The van der Waals surface area contributed by atoms with Crippen molar-refractivity contribution in [2.24, 2.45) is 0 Å². The summed E-state index contributed by atoms with van der Waals surface area (Å²) in [7, 11) is 0. The molecule has 7 heteroatoms. The van der Waals surface area contributed by atoms with Crippen LogP contribution >= 0.6 is 11.3 Å². The molecule has 1 fully saturated rings. The minimum absolute atomic E-state index is 0.0183. The van der Waals surface area contributed by atoms with E-state index < -0.39 is 11.2 Å². The van der Waals surface area contributed by atoms with Gasteiger partial charge in [-0.15, -0.1) is 0 Å². The van der Waals surface area contributed by atoms with E-state index in [0.717, 1.165) is 11.3 Å². The lowest BCUT2D eigenvalue weighted by molar-refractivity contribution is -0.137. The summed E-state index contributed by atoms with van der Waals surface area (Å²) in [6, 6.07) is 0. The number of hydrogen-bond acceptors (Lipinski definition) is 4. The highest BCUT2D eigenvalue weighted by Gasteiger charge is 2.37. The third-order valence-electron chi connectivity index (χ3n) is 2.72. The van der Waals surface area contributed by atoms with Crippen LogP contribution in [0.5, 0.6) is 0 Å². The molecule has 1 aromatic heterocycles. The van der Waals surface area contributed by atoms with Crippen molar-refractivity contribution in [3.63, 3.8) is 0 Å². The lowest BCUT2D eigenvalue weighted by atomic mass is 10.1. The number of halogens is 3. The molecule has 0 aromatic carbocycles. The van der Waals surface area contributed by atoms with Crippen LogP contribution in [0.3, 0.4) is 0 Å². The zero-order valence-electron chi connectivity index (χ0n) is 10.3. The monoisotopic (exact) mass is 280 g/mol. The molecule has 102 valence electrons. The number of alkyl halides is 3. The quantitative estimate of drug-likeness (QED) is 0.832. The third kappa shape index (κ3) is 2.77. The predicted octanol–water partition coefficient (Wildman–Crippen LogP) is 3.12. The maximum atomic E-state index is 12.7. The highest BCUT2D eigenvalue weighted by atomic mass is 32.1. The van der Waals surface area contributed by atoms with Gasteiger partial charge in [0.15, 0.2) is 5.01 Å². The van der Waals surface area contributed by atoms with E-state index in [9.17, 15) is 13.2 Å². The summed E-state index contributed by atoms with van der Waals surface area (Å²) in [5, 5.41) is -0.117. The second-order valence-corrected chi connectivity index (χ2v) is 5.44. The predicted molar refractivity (Wildman–Crippen MR) is 64.2 cm³/mol. The fraction of sp³-hybridized carbons (Fsp3) is 0.727. The van der Waals surface area contributed by atoms with Gasteiger partial charge in [0.05, 0.1) is 18.9 Å². The van der Waals surface area contributed by atoms with Gasteiger partial charge in [0.25, 0.3) is 0 Å². The van der Waals surface area contributed by atoms with E-state index in [1.165, 1.54) is 0 Å². The first-order chi connectivity index (χ1) is 8.39. The zero-order valence-corrected chi connectivity index (χ0v) is 11.1. The molecule has 0 saturated carbocycles. The highest BCUT2D eigenvalue weighted by molar-refractivity contribution is 7.16. The molecule has 0 spiro atoms. The summed E-state index contributed by atoms with van der Waals surface area (Å²) >= 11 is 0.736. The first kappa shape index (κ1) is 13.6. The van der Waals surface area contributed by atoms with Crippen molar-refractivity contribution < 1.29 is 17.9 Å². The molecule has 0 amide bonds. The summed E-state index contributed by atoms with van der Waals surface area (Å²) in [6.07, 6.45) is -4.36. The van der Waals surface area contributed by atoms with Crippen molar-refractivity contribution in [2.75, 3.05) is 31.2 Å². The SMILES string of the molecule is CC(C)c1nc(C(F)(F)F)sc1N1CCOCC1. The molecule has 0 aliphatic carbocycles. The van der Waals surface area contributed by atoms with Crippen LogP contribution in [0.15, 0.2) is 0 Å². The Bertz CT molecular complexity index is 411. The number of rotatable bonds is 2. The molecule has 0 bridgehead atoms. The van der Waals surface area contributed by atoms with Crippen molar-refractivity contribution in [2.45, 2.75) is 25.9 Å². The van der Waals surface area contributed by atoms with Gasteiger partial charge < -0.3 is 9.64 Å². The first-order valence-corrected chi connectivity index (χ1v) is 6.62. The van der Waals surface area contributed by atoms with E-state index >= 15 is 0 Å². The lowest BCUT2D eigenvalue weighted by Gasteiger charge is -2.28. The molecule has 1 saturated heterocycles. The smallest absolute Gasteiger partial charge is 0.378 e. The van der Waals surface area contributed by atoms with E-state index in [0.29, 0.717) is 37.0 Å². The zero-order chi connectivity index (χ0) is 13.3. The molecule has 0 N–H and O–H groups in total. The standard InChI is InChI=1S/C11H15F3N2OS/c1-7(2)8-9(16-3-5-17-6-4-16)18-10(15-8)11(12,13)14/h7H,3-6H2,1-2H3. The average molecular weight is 280 g/mol. The van der Waals surface area contributed by atoms with Crippen molar-refractivity contribution in [1.82, 2.24) is 4.98 Å². The molecule has 2 heterocycles. The maximum Gasteiger partial charge on any atom is 0.443 e. The minimum atomic E-state index is -4.36. The largest absolute Gasteiger partial charge is 0.443 e. The number of anilines is 1. The number of ether oxygens (including phenoxy) is 1. The molecule has 18 heavy (non-hydrogen) atoms. The van der Waals surface area contributed by atoms with Gasteiger partial charge in [-0.2, -0.15) is 13.2 Å². The Kier molecular flexibility index (Phi) is 3.82. The molecule has 2 rings (SSSR count). The fourth-order valence-corrected chi connectivity index (χ4v) is 2.95. The Hall–Kier alpha value is -0.820. The second-order valence-electron chi connectivity index (χ2n) is 4.46. The fourth-order valence-electron chi connectivity index (χ4n) is 1.81. The Morgan fingerprint density at radius 3 is 2.39 bits per heavy atom. The van der Waals surface area contributed by atoms with Crippen LogP contribution in [0, 0.1) is 0 Å². The Labute approximate surface area is 108 Å². The molecular formula is C11H15F3N2OS. The summed E-state index contributed by atoms with van der Waals surface area (Å²) in [4.78, 5) is 5.70. The van der Waals surface area contributed by atoms with Crippen molar-refractivity contribution in [3.8, 4) is 0 Å². The molecule has 1 aliphatic heterocycles.